The van der Waals surface area contributed by atoms with E-state index >= 15 is 0 Å². The van der Waals surface area contributed by atoms with E-state index in [1.54, 1.807) is 0 Å². The normalized spacial score (nSPS) is 10.6. The van der Waals surface area contributed by atoms with Crippen molar-refractivity contribution in [1.82, 2.24) is 14.8 Å². The molecule has 3 rings (SSSR count). The Morgan fingerprint density at radius 3 is 2.63 bits per heavy atom. The molecule has 3 aromatic rings. The number of carbonyl (C=O) groups is 1. The second kappa shape index (κ2) is 9.43. The van der Waals surface area contributed by atoms with E-state index < -0.39 is 0 Å². The van der Waals surface area contributed by atoms with E-state index in [4.69, 9.17) is 11.6 Å². The molecule has 2 aromatic carbocycles. The number of nitrogens with zero attached hydrogens (tertiary/aromatic N) is 3. The van der Waals surface area contributed by atoms with E-state index in [-0.39, 0.29) is 11.7 Å². The highest BCUT2D eigenvalue weighted by atomic mass is 35.5. The van der Waals surface area contributed by atoms with Gasteiger partial charge in [0.15, 0.2) is 11.0 Å². The lowest BCUT2D eigenvalue weighted by atomic mass is 10.3. The summed E-state index contributed by atoms with van der Waals surface area (Å²) in [5.74, 6) is 1.01. The van der Waals surface area contributed by atoms with Crippen molar-refractivity contribution in [2.24, 2.45) is 0 Å². The summed E-state index contributed by atoms with van der Waals surface area (Å²) in [5.41, 5.74) is 1.70. The second-order valence-electron chi connectivity index (χ2n) is 5.71. The first kappa shape index (κ1) is 19.3. The van der Waals surface area contributed by atoms with Crippen LogP contribution in [0.3, 0.4) is 0 Å². The summed E-state index contributed by atoms with van der Waals surface area (Å²) in [7, 11) is 0. The van der Waals surface area contributed by atoms with Crippen LogP contribution >= 0.6 is 23.4 Å². The van der Waals surface area contributed by atoms with Crippen molar-refractivity contribution in [2.45, 2.75) is 25.2 Å². The monoisotopic (exact) mass is 401 g/mol. The van der Waals surface area contributed by atoms with Crippen molar-refractivity contribution in [3.63, 3.8) is 0 Å². The third-order valence-electron chi connectivity index (χ3n) is 3.77. The van der Waals surface area contributed by atoms with Gasteiger partial charge in [0.05, 0.1) is 12.3 Å². The third-order valence-corrected chi connectivity index (χ3v) is 4.98. The summed E-state index contributed by atoms with van der Waals surface area (Å²) in [5, 5.41) is 16.0. The predicted octanol–water partition coefficient (Wildman–Crippen LogP) is 4.29. The van der Waals surface area contributed by atoms with E-state index in [1.807, 2.05) is 66.1 Å². The van der Waals surface area contributed by atoms with Crippen molar-refractivity contribution in [1.29, 1.82) is 0 Å². The van der Waals surface area contributed by atoms with Gasteiger partial charge in [0.2, 0.25) is 5.91 Å². The summed E-state index contributed by atoms with van der Waals surface area (Å²) in [6.07, 6.45) is 0. The lowest BCUT2D eigenvalue weighted by Gasteiger charge is -2.09. The van der Waals surface area contributed by atoms with Gasteiger partial charge in [-0.25, -0.2) is 0 Å². The van der Waals surface area contributed by atoms with Gasteiger partial charge in [-0.3, -0.25) is 4.79 Å². The second-order valence-corrected chi connectivity index (χ2v) is 7.09. The SMILES string of the molecule is CCn1c(CNc2cccc(Cl)c2)nnc1SCC(=O)Nc1ccccc1. The molecule has 8 heteroatoms. The molecule has 27 heavy (non-hydrogen) atoms. The number of amides is 1. The average molecular weight is 402 g/mol. The lowest BCUT2D eigenvalue weighted by molar-refractivity contribution is -0.113. The number of rotatable bonds is 8. The Morgan fingerprint density at radius 1 is 1.11 bits per heavy atom. The molecule has 0 fully saturated rings. The predicted molar refractivity (Wildman–Crippen MR) is 110 cm³/mol. The molecule has 0 bridgehead atoms. The number of anilines is 2. The quantitative estimate of drug-likeness (QED) is 0.551. The zero-order valence-electron chi connectivity index (χ0n) is 14.9. The molecule has 0 spiro atoms. The number of benzene rings is 2. The molecule has 0 aliphatic heterocycles. The Bertz CT molecular complexity index is 900. The summed E-state index contributed by atoms with van der Waals surface area (Å²) >= 11 is 7.38. The zero-order chi connectivity index (χ0) is 19.1. The minimum Gasteiger partial charge on any atom is -0.378 e. The van der Waals surface area contributed by atoms with Gasteiger partial charge in [0.25, 0.3) is 0 Å². The summed E-state index contributed by atoms with van der Waals surface area (Å²) in [4.78, 5) is 12.1. The molecular formula is C19H20ClN5OS. The van der Waals surface area contributed by atoms with E-state index in [2.05, 4.69) is 20.8 Å². The Kier molecular flexibility index (Phi) is 6.73. The molecule has 0 saturated heterocycles. The molecule has 2 N–H and O–H groups in total. The molecule has 0 unspecified atom stereocenters. The van der Waals surface area contributed by atoms with Crippen LogP contribution in [0.4, 0.5) is 11.4 Å². The molecule has 1 heterocycles. The van der Waals surface area contributed by atoms with Crippen LogP contribution in [0.25, 0.3) is 0 Å². The molecule has 1 amide bonds. The molecule has 0 atom stereocenters. The number of para-hydroxylation sites is 1. The molecule has 140 valence electrons. The number of carbonyl (C=O) groups excluding carboxylic acids is 1. The van der Waals surface area contributed by atoms with Crippen LogP contribution in [0.2, 0.25) is 5.02 Å². The first-order chi connectivity index (χ1) is 13.2. The number of thioether (sulfide) groups is 1. The first-order valence-electron chi connectivity index (χ1n) is 8.55. The van der Waals surface area contributed by atoms with Crippen LogP contribution < -0.4 is 10.6 Å². The topological polar surface area (TPSA) is 71.8 Å². The summed E-state index contributed by atoms with van der Waals surface area (Å²) < 4.78 is 2.00. The number of hydrogen-bond donors (Lipinski definition) is 2. The van der Waals surface area contributed by atoms with Gasteiger partial charge >= 0.3 is 0 Å². The van der Waals surface area contributed by atoms with E-state index in [9.17, 15) is 4.79 Å². The highest BCUT2D eigenvalue weighted by molar-refractivity contribution is 7.99. The zero-order valence-corrected chi connectivity index (χ0v) is 16.4. The molecular weight excluding hydrogens is 382 g/mol. The van der Waals surface area contributed by atoms with Crippen LogP contribution in [-0.2, 0) is 17.9 Å². The highest BCUT2D eigenvalue weighted by Crippen LogP contribution is 2.19. The Balaban J connectivity index is 1.57. The molecule has 0 radical (unpaired) electrons. The summed E-state index contributed by atoms with van der Waals surface area (Å²) in [6, 6.07) is 16.9. The minimum atomic E-state index is -0.0737. The molecule has 6 nitrogen and oxygen atoms in total. The van der Waals surface area contributed by atoms with Crippen LogP contribution in [0, 0.1) is 0 Å². The van der Waals surface area contributed by atoms with Crippen molar-refractivity contribution in [3.05, 3.63) is 65.4 Å². The maximum Gasteiger partial charge on any atom is 0.234 e. The molecule has 0 aliphatic rings. The van der Waals surface area contributed by atoms with Crippen LogP contribution in [0.1, 0.15) is 12.7 Å². The van der Waals surface area contributed by atoms with E-state index in [0.29, 0.717) is 11.6 Å². The van der Waals surface area contributed by atoms with E-state index in [1.165, 1.54) is 11.8 Å². The summed E-state index contributed by atoms with van der Waals surface area (Å²) in [6.45, 7) is 3.28. The van der Waals surface area contributed by atoms with Crippen LogP contribution in [-0.4, -0.2) is 26.4 Å². The number of halogens is 1. The Hall–Kier alpha value is -2.51. The van der Waals surface area contributed by atoms with Gasteiger partial charge in [-0.05, 0) is 37.3 Å². The Morgan fingerprint density at radius 2 is 1.89 bits per heavy atom. The maximum absolute atomic E-state index is 12.1. The van der Waals surface area contributed by atoms with Gasteiger partial charge < -0.3 is 15.2 Å². The number of aromatic nitrogens is 3. The van der Waals surface area contributed by atoms with Gasteiger partial charge in [-0.15, -0.1) is 10.2 Å². The fraction of sp³-hybridized carbons (Fsp3) is 0.211. The molecule has 1 aromatic heterocycles. The minimum absolute atomic E-state index is 0.0737. The smallest absolute Gasteiger partial charge is 0.234 e. The number of hydrogen-bond acceptors (Lipinski definition) is 5. The van der Waals surface area contributed by atoms with Gasteiger partial charge in [0.1, 0.15) is 0 Å². The molecule has 0 saturated carbocycles. The first-order valence-corrected chi connectivity index (χ1v) is 9.91. The highest BCUT2D eigenvalue weighted by Gasteiger charge is 2.13. The van der Waals surface area contributed by atoms with Gasteiger partial charge in [0, 0.05) is 22.9 Å². The molecule has 0 aliphatic carbocycles. The average Bonchev–Trinajstić information content (AvgIpc) is 3.07. The van der Waals surface area contributed by atoms with Gasteiger partial charge in [-0.2, -0.15) is 0 Å². The third kappa shape index (κ3) is 5.48. The number of nitrogens with one attached hydrogen (secondary N) is 2. The van der Waals surface area contributed by atoms with Crippen molar-refractivity contribution < 1.29 is 4.79 Å². The van der Waals surface area contributed by atoms with Gasteiger partial charge in [-0.1, -0.05) is 47.6 Å². The van der Waals surface area contributed by atoms with Crippen molar-refractivity contribution in [3.8, 4) is 0 Å². The van der Waals surface area contributed by atoms with E-state index in [0.717, 1.165) is 28.9 Å². The maximum atomic E-state index is 12.1. The van der Waals surface area contributed by atoms with Crippen LogP contribution in [0.15, 0.2) is 59.8 Å². The van der Waals surface area contributed by atoms with Crippen molar-refractivity contribution >= 4 is 40.6 Å². The fourth-order valence-electron chi connectivity index (χ4n) is 2.50. The lowest BCUT2D eigenvalue weighted by Crippen LogP contribution is -2.15. The van der Waals surface area contributed by atoms with Crippen molar-refractivity contribution in [2.75, 3.05) is 16.4 Å². The Labute approximate surface area is 167 Å². The van der Waals surface area contributed by atoms with Crippen LogP contribution in [0.5, 0.6) is 0 Å². The fourth-order valence-corrected chi connectivity index (χ4v) is 3.51. The standard InChI is InChI=1S/C19H20ClN5OS/c1-2-25-17(12-21-16-10-6-7-14(20)11-16)23-24-19(25)27-13-18(26)22-15-8-4-3-5-9-15/h3-11,21H,2,12-13H2,1H3,(H,22,26). The largest absolute Gasteiger partial charge is 0.378 e.